The fraction of sp³-hybridized carbons (Fsp3) is 0. The van der Waals surface area contributed by atoms with E-state index in [9.17, 15) is 0 Å². The maximum atomic E-state index is 9.14. The molecular formula is C24H16N6. The van der Waals surface area contributed by atoms with Gasteiger partial charge < -0.3 is 10.6 Å². The summed E-state index contributed by atoms with van der Waals surface area (Å²) in [5.74, 6) is 1.71. The van der Waals surface area contributed by atoms with Gasteiger partial charge in [-0.25, -0.2) is 9.97 Å². The number of anilines is 4. The van der Waals surface area contributed by atoms with Gasteiger partial charge in [0.2, 0.25) is 0 Å². The van der Waals surface area contributed by atoms with Crippen molar-refractivity contribution in [3.8, 4) is 23.5 Å². The molecule has 0 saturated heterocycles. The van der Waals surface area contributed by atoms with Crippen LogP contribution >= 0.6 is 0 Å². The van der Waals surface area contributed by atoms with Crippen molar-refractivity contribution in [2.75, 3.05) is 10.6 Å². The van der Waals surface area contributed by atoms with Crippen molar-refractivity contribution < 1.29 is 0 Å². The number of rotatable bonds is 5. The van der Waals surface area contributed by atoms with Crippen LogP contribution in [0.5, 0.6) is 0 Å². The predicted molar refractivity (Wildman–Crippen MR) is 116 cm³/mol. The number of hydrogen-bond donors (Lipinski definition) is 2. The molecule has 0 spiro atoms. The van der Waals surface area contributed by atoms with E-state index < -0.39 is 0 Å². The van der Waals surface area contributed by atoms with Crippen LogP contribution in [0.25, 0.3) is 11.4 Å². The Hall–Kier alpha value is -4.68. The minimum Gasteiger partial charge on any atom is -0.340 e. The van der Waals surface area contributed by atoms with Gasteiger partial charge in [0, 0.05) is 23.0 Å². The van der Waals surface area contributed by atoms with E-state index in [-0.39, 0.29) is 0 Å². The van der Waals surface area contributed by atoms with Gasteiger partial charge in [-0.2, -0.15) is 10.5 Å². The zero-order valence-corrected chi connectivity index (χ0v) is 15.9. The fourth-order valence-corrected chi connectivity index (χ4v) is 2.92. The Morgan fingerprint density at radius 2 is 1.13 bits per heavy atom. The van der Waals surface area contributed by atoms with Crippen molar-refractivity contribution in [3.63, 3.8) is 0 Å². The molecule has 1 aromatic heterocycles. The average molecular weight is 388 g/mol. The largest absolute Gasteiger partial charge is 0.340 e. The molecule has 0 aliphatic heterocycles. The predicted octanol–water partition coefficient (Wildman–Crippen LogP) is 5.37. The van der Waals surface area contributed by atoms with Gasteiger partial charge in [0.05, 0.1) is 23.3 Å². The van der Waals surface area contributed by atoms with Crippen molar-refractivity contribution in [2.45, 2.75) is 0 Å². The molecule has 0 saturated carbocycles. The molecule has 4 aromatic rings. The van der Waals surface area contributed by atoms with Crippen molar-refractivity contribution in [1.29, 1.82) is 10.5 Å². The Bertz CT molecular complexity index is 1190. The van der Waals surface area contributed by atoms with Gasteiger partial charge in [-0.15, -0.1) is 0 Å². The molecule has 3 aromatic carbocycles. The summed E-state index contributed by atoms with van der Waals surface area (Å²) in [4.78, 5) is 9.26. The van der Waals surface area contributed by atoms with Gasteiger partial charge in [0.1, 0.15) is 11.6 Å². The Morgan fingerprint density at radius 3 is 1.63 bits per heavy atom. The Morgan fingerprint density at radius 1 is 0.600 bits per heavy atom. The molecule has 0 unspecified atom stereocenters. The minimum atomic E-state index is 0.552. The molecule has 0 radical (unpaired) electrons. The van der Waals surface area contributed by atoms with Crippen LogP contribution in [0, 0.1) is 22.7 Å². The lowest BCUT2D eigenvalue weighted by Crippen LogP contribution is -2.02. The summed E-state index contributed by atoms with van der Waals surface area (Å²) in [5, 5.41) is 24.8. The maximum absolute atomic E-state index is 9.14. The lowest BCUT2D eigenvalue weighted by Gasteiger charge is -2.12. The van der Waals surface area contributed by atoms with E-state index in [0.717, 1.165) is 16.9 Å². The highest BCUT2D eigenvalue weighted by molar-refractivity contribution is 5.68. The first-order valence-electron chi connectivity index (χ1n) is 9.22. The highest BCUT2D eigenvalue weighted by Gasteiger charge is 2.09. The van der Waals surface area contributed by atoms with Gasteiger partial charge in [-0.1, -0.05) is 42.5 Å². The summed E-state index contributed by atoms with van der Waals surface area (Å²) in [5.41, 5.74) is 3.50. The molecule has 142 valence electrons. The van der Waals surface area contributed by atoms with Crippen LogP contribution in [0.4, 0.5) is 23.0 Å². The van der Waals surface area contributed by atoms with Crippen molar-refractivity contribution in [3.05, 3.63) is 96.1 Å². The van der Waals surface area contributed by atoms with E-state index in [2.05, 4.69) is 32.7 Å². The van der Waals surface area contributed by atoms with Gasteiger partial charge in [0.25, 0.3) is 0 Å². The molecule has 0 atom stereocenters. The molecular weight excluding hydrogens is 372 g/mol. The number of hydrogen-bond acceptors (Lipinski definition) is 6. The van der Waals surface area contributed by atoms with E-state index in [0.29, 0.717) is 28.6 Å². The summed E-state index contributed by atoms with van der Waals surface area (Å²) in [6.07, 6.45) is 0. The van der Waals surface area contributed by atoms with Crippen LogP contribution in [0.2, 0.25) is 0 Å². The minimum absolute atomic E-state index is 0.552. The molecule has 30 heavy (non-hydrogen) atoms. The molecule has 4 rings (SSSR count). The van der Waals surface area contributed by atoms with E-state index >= 15 is 0 Å². The third-order valence-corrected chi connectivity index (χ3v) is 4.29. The van der Waals surface area contributed by atoms with Crippen LogP contribution in [0.15, 0.2) is 84.9 Å². The van der Waals surface area contributed by atoms with Crippen molar-refractivity contribution in [1.82, 2.24) is 9.97 Å². The highest BCUT2D eigenvalue weighted by atomic mass is 15.1. The Kier molecular flexibility index (Phi) is 5.32. The lowest BCUT2D eigenvalue weighted by molar-refractivity contribution is 1.17. The first kappa shape index (κ1) is 18.7. The van der Waals surface area contributed by atoms with E-state index in [1.165, 1.54) is 0 Å². The molecule has 0 bridgehead atoms. The van der Waals surface area contributed by atoms with Crippen LogP contribution in [-0.2, 0) is 0 Å². The molecule has 0 aliphatic rings. The molecule has 0 fully saturated rings. The van der Waals surface area contributed by atoms with Gasteiger partial charge in [0.15, 0.2) is 5.82 Å². The zero-order valence-electron chi connectivity index (χ0n) is 15.9. The normalized spacial score (nSPS) is 9.93. The van der Waals surface area contributed by atoms with Gasteiger partial charge in [-0.3, -0.25) is 0 Å². The van der Waals surface area contributed by atoms with E-state index in [4.69, 9.17) is 10.5 Å². The Labute approximate surface area is 174 Å². The average Bonchev–Trinajstić information content (AvgIpc) is 2.80. The first-order valence-corrected chi connectivity index (χ1v) is 9.22. The van der Waals surface area contributed by atoms with E-state index in [1.807, 2.05) is 54.6 Å². The van der Waals surface area contributed by atoms with E-state index in [1.54, 1.807) is 30.3 Å². The Balaban J connectivity index is 1.72. The van der Waals surface area contributed by atoms with Crippen LogP contribution < -0.4 is 10.6 Å². The molecule has 6 nitrogen and oxygen atoms in total. The summed E-state index contributed by atoms with van der Waals surface area (Å²) >= 11 is 0. The molecule has 1 heterocycles. The number of nitrogens with zero attached hydrogens (tertiary/aromatic N) is 4. The highest BCUT2D eigenvalue weighted by Crippen LogP contribution is 2.25. The van der Waals surface area contributed by atoms with Crippen LogP contribution in [-0.4, -0.2) is 9.97 Å². The zero-order chi connectivity index (χ0) is 20.8. The number of nitrogens with one attached hydrogen (secondary N) is 2. The molecule has 6 heteroatoms. The van der Waals surface area contributed by atoms with Gasteiger partial charge >= 0.3 is 0 Å². The van der Waals surface area contributed by atoms with Gasteiger partial charge in [-0.05, 0) is 36.4 Å². The van der Waals surface area contributed by atoms with Crippen LogP contribution in [0.3, 0.4) is 0 Å². The molecule has 0 aliphatic carbocycles. The van der Waals surface area contributed by atoms with Crippen molar-refractivity contribution in [2.24, 2.45) is 0 Å². The fourth-order valence-electron chi connectivity index (χ4n) is 2.92. The lowest BCUT2D eigenvalue weighted by atomic mass is 10.2. The first-order chi connectivity index (χ1) is 14.7. The topological polar surface area (TPSA) is 97.4 Å². The van der Waals surface area contributed by atoms with Crippen LogP contribution in [0.1, 0.15) is 11.1 Å². The summed E-state index contributed by atoms with van der Waals surface area (Å²) in [7, 11) is 0. The molecule has 0 amide bonds. The second-order valence-corrected chi connectivity index (χ2v) is 6.46. The smallest absolute Gasteiger partial charge is 0.163 e. The summed E-state index contributed by atoms with van der Waals surface area (Å²) in [6, 6.07) is 30.1. The number of benzene rings is 3. The second-order valence-electron chi connectivity index (χ2n) is 6.46. The number of nitriles is 2. The maximum Gasteiger partial charge on any atom is 0.163 e. The SMILES string of the molecule is N#Cc1cccc(Nc2cc(Nc3cccc(C#N)c3)nc(-c3ccccc3)n2)c1. The standard InChI is InChI=1S/C24H16N6/c25-15-17-6-4-10-20(12-17)27-22-14-23(28-21-11-5-7-18(13-21)16-26)30-24(29-22)19-8-2-1-3-9-19/h1-14H,(H2,27,28,29,30). The summed E-state index contributed by atoms with van der Waals surface area (Å²) in [6.45, 7) is 0. The third kappa shape index (κ3) is 4.41. The summed E-state index contributed by atoms with van der Waals surface area (Å²) < 4.78 is 0. The third-order valence-electron chi connectivity index (χ3n) is 4.29. The number of aromatic nitrogens is 2. The van der Waals surface area contributed by atoms with Crippen molar-refractivity contribution >= 4 is 23.0 Å². The quantitative estimate of drug-likeness (QED) is 0.477. The molecule has 2 N–H and O–H groups in total. The second kappa shape index (κ2) is 8.55. The monoisotopic (exact) mass is 388 g/mol.